The maximum absolute atomic E-state index is 6.57. The molecule has 3 nitrogen and oxygen atoms in total. The van der Waals surface area contributed by atoms with E-state index in [1.54, 1.807) is 0 Å². The van der Waals surface area contributed by atoms with Crippen LogP contribution >= 0.6 is 11.6 Å². The maximum Gasteiger partial charge on any atom is 0.180 e. The first-order valence-corrected chi connectivity index (χ1v) is 10.4. The van der Waals surface area contributed by atoms with Gasteiger partial charge in [-0.05, 0) is 55.5 Å². The number of nitrogens with one attached hydrogen (secondary N) is 1. The van der Waals surface area contributed by atoms with E-state index in [1.165, 1.54) is 37.7 Å². The van der Waals surface area contributed by atoms with E-state index in [9.17, 15) is 0 Å². The third-order valence-electron chi connectivity index (χ3n) is 5.20. The third-order valence-corrected chi connectivity index (χ3v) is 5.48. The molecule has 0 unspecified atom stereocenters. The van der Waals surface area contributed by atoms with Crippen LogP contribution in [0.25, 0.3) is 0 Å². The quantitative estimate of drug-likeness (QED) is 0.598. The molecule has 1 aliphatic carbocycles. The zero-order valence-electron chi connectivity index (χ0n) is 16.4. The van der Waals surface area contributed by atoms with Crippen LogP contribution in [0, 0.1) is 6.92 Å². The van der Waals surface area contributed by atoms with Gasteiger partial charge < -0.3 is 14.8 Å². The van der Waals surface area contributed by atoms with Crippen molar-refractivity contribution in [1.82, 2.24) is 5.32 Å². The summed E-state index contributed by atoms with van der Waals surface area (Å²) in [5.41, 5.74) is 3.50. The monoisotopic (exact) mass is 387 g/mol. The molecular formula is C23H30ClNO2. The van der Waals surface area contributed by atoms with Gasteiger partial charge in [-0.3, -0.25) is 0 Å². The molecule has 146 valence electrons. The summed E-state index contributed by atoms with van der Waals surface area (Å²) in [5, 5.41) is 4.27. The van der Waals surface area contributed by atoms with Gasteiger partial charge in [0.2, 0.25) is 0 Å². The summed E-state index contributed by atoms with van der Waals surface area (Å²) in [6.45, 7) is 5.93. The average molecular weight is 388 g/mol. The van der Waals surface area contributed by atoms with Crippen LogP contribution in [0.4, 0.5) is 0 Å². The standard InChI is InChI=1S/C23H30ClNO2/c1-3-26-22-14-18(15-25-20-11-5-4-6-12-20)13-21(24)23(22)27-16-19-10-8-7-9-17(19)2/h7-10,13-14,20,25H,3-6,11-12,15-16H2,1-2H3. The van der Waals surface area contributed by atoms with Crippen molar-refractivity contribution < 1.29 is 9.47 Å². The minimum absolute atomic E-state index is 0.478. The zero-order chi connectivity index (χ0) is 19.1. The smallest absolute Gasteiger partial charge is 0.180 e. The highest BCUT2D eigenvalue weighted by atomic mass is 35.5. The second-order valence-electron chi connectivity index (χ2n) is 7.27. The van der Waals surface area contributed by atoms with Gasteiger partial charge in [0.1, 0.15) is 6.61 Å². The lowest BCUT2D eigenvalue weighted by molar-refractivity contribution is 0.268. The molecule has 0 aromatic heterocycles. The fourth-order valence-electron chi connectivity index (χ4n) is 3.62. The molecule has 27 heavy (non-hydrogen) atoms. The molecule has 4 heteroatoms. The van der Waals surface area contributed by atoms with Gasteiger partial charge in [0.25, 0.3) is 0 Å². The summed E-state index contributed by atoms with van der Waals surface area (Å²) in [5.74, 6) is 1.35. The first kappa shape index (κ1) is 20.0. The van der Waals surface area contributed by atoms with E-state index < -0.39 is 0 Å². The molecule has 0 amide bonds. The Balaban J connectivity index is 1.70. The molecule has 1 aliphatic rings. The second-order valence-corrected chi connectivity index (χ2v) is 7.68. The molecule has 2 aromatic rings. The summed E-state index contributed by atoms with van der Waals surface area (Å²) in [7, 11) is 0. The average Bonchev–Trinajstić information content (AvgIpc) is 2.68. The minimum atomic E-state index is 0.478. The molecule has 3 rings (SSSR count). The second kappa shape index (κ2) is 10.0. The Hall–Kier alpha value is -1.71. The summed E-state index contributed by atoms with van der Waals surface area (Å²) >= 11 is 6.57. The van der Waals surface area contributed by atoms with E-state index in [0.717, 1.165) is 23.4 Å². The molecule has 0 aliphatic heterocycles. The van der Waals surface area contributed by atoms with Crippen LogP contribution in [0.5, 0.6) is 11.5 Å². The normalized spacial score (nSPS) is 14.9. The van der Waals surface area contributed by atoms with Gasteiger partial charge in [0, 0.05) is 12.6 Å². The van der Waals surface area contributed by atoms with Crippen LogP contribution in [0.2, 0.25) is 5.02 Å². The molecule has 1 fully saturated rings. The van der Waals surface area contributed by atoms with Crippen molar-refractivity contribution in [2.24, 2.45) is 0 Å². The highest BCUT2D eigenvalue weighted by molar-refractivity contribution is 6.32. The van der Waals surface area contributed by atoms with Crippen LogP contribution in [-0.2, 0) is 13.2 Å². The highest BCUT2D eigenvalue weighted by Gasteiger charge is 2.16. The number of rotatable bonds is 8. The van der Waals surface area contributed by atoms with E-state index >= 15 is 0 Å². The Kier molecular flexibility index (Phi) is 7.42. The number of halogens is 1. The fourth-order valence-corrected chi connectivity index (χ4v) is 3.91. The Bertz CT molecular complexity index is 741. The van der Waals surface area contributed by atoms with E-state index in [4.69, 9.17) is 21.1 Å². The van der Waals surface area contributed by atoms with Crippen molar-refractivity contribution in [3.05, 3.63) is 58.1 Å². The van der Waals surface area contributed by atoms with E-state index in [0.29, 0.717) is 30.0 Å². The third kappa shape index (κ3) is 5.63. The summed E-state index contributed by atoms with van der Waals surface area (Å²) < 4.78 is 11.9. The van der Waals surface area contributed by atoms with Crippen molar-refractivity contribution in [2.45, 2.75) is 65.1 Å². The lowest BCUT2D eigenvalue weighted by atomic mass is 9.95. The molecule has 0 atom stereocenters. The van der Waals surface area contributed by atoms with Crippen molar-refractivity contribution >= 4 is 11.6 Å². The molecule has 1 saturated carbocycles. The van der Waals surface area contributed by atoms with Crippen LogP contribution < -0.4 is 14.8 Å². The lowest BCUT2D eigenvalue weighted by Gasteiger charge is -2.23. The summed E-state index contributed by atoms with van der Waals surface area (Å²) in [6.07, 6.45) is 6.56. The fraction of sp³-hybridized carbons (Fsp3) is 0.478. The number of aryl methyl sites for hydroxylation is 1. The van der Waals surface area contributed by atoms with Gasteiger partial charge in [0.05, 0.1) is 11.6 Å². The molecule has 0 radical (unpaired) electrons. The Morgan fingerprint density at radius 2 is 1.85 bits per heavy atom. The zero-order valence-corrected chi connectivity index (χ0v) is 17.1. The van der Waals surface area contributed by atoms with Crippen LogP contribution in [0.15, 0.2) is 36.4 Å². The van der Waals surface area contributed by atoms with Gasteiger partial charge >= 0.3 is 0 Å². The SMILES string of the molecule is CCOc1cc(CNC2CCCCC2)cc(Cl)c1OCc1ccccc1C. The number of benzene rings is 2. The van der Waals surface area contributed by atoms with Gasteiger partial charge in [0.15, 0.2) is 11.5 Å². The predicted octanol–water partition coefficient (Wildman–Crippen LogP) is 6.05. The number of ether oxygens (including phenoxy) is 2. The molecule has 0 bridgehead atoms. The largest absolute Gasteiger partial charge is 0.490 e. The summed E-state index contributed by atoms with van der Waals surface area (Å²) in [6, 6.07) is 12.9. The van der Waals surface area contributed by atoms with Gasteiger partial charge in [-0.2, -0.15) is 0 Å². The molecular weight excluding hydrogens is 358 g/mol. The van der Waals surface area contributed by atoms with Gasteiger partial charge in [-0.25, -0.2) is 0 Å². The van der Waals surface area contributed by atoms with Crippen molar-refractivity contribution in [3.8, 4) is 11.5 Å². The van der Waals surface area contributed by atoms with Gasteiger partial charge in [-0.15, -0.1) is 0 Å². The first-order chi connectivity index (χ1) is 13.2. The highest BCUT2D eigenvalue weighted by Crippen LogP contribution is 2.37. The Morgan fingerprint density at radius 1 is 1.07 bits per heavy atom. The molecule has 0 saturated heterocycles. The predicted molar refractivity (Wildman–Crippen MR) is 112 cm³/mol. The summed E-state index contributed by atoms with van der Waals surface area (Å²) in [4.78, 5) is 0. The number of hydrogen-bond donors (Lipinski definition) is 1. The van der Waals surface area contributed by atoms with E-state index in [1.807, 2.05) is 25.1 Å². The van der Waals surface area contributed by atoms with Crippen LogP contribution in [0.3, 0.4) is 0 Å². The molecule has 0 heterocycles. The Morgan fingerprint density at radius 3 is 2.59 bits per heavy atom. The van der Waals surface area contributed by atoms with E-state index in [-0.39, 0.29) is 0 Å². The van der Waals surface area contributed by atoms with Crippen molar-refractivity contribution in [2.75, 3.05) is 6.61 Å². The molecule has 2 aromatic carbocycles. The van der Waals surface area contributed by atoms with Crippen molar-refractivity contribution in [1.29, 1.82) is 0 Å². The maximum atomic E-state index is 6.57. The molecule has 0 spiro atoms. The lowest BCUT2D eigenvalue weighted by Crippen LogP contribution is -2.30. The van der Waals surface area contributed by atoms with Crippen LogP contribution in [0.1, 0.15) is 55.7 Å². The minimum Gasteiger partial charge on any atom is -0.490 e. The molecule has 1 N–H and O–H groups in total. The number of hydrogen-bond acceptors (Lipinski definition) is 3. The first-order valence-electron chi connectivity index (χ1n) is 10.0. The van der Waals surface area contributed by atoms with Crippen LogP contribution in [-0.4, -0.2) is 12.6 Å². The Labute approximate surface area is 168 Å². The van der Waals surface area contributed by atoms with Gasteiger partial charge in [-0.1, -0.05) is 55.1 Å². The van der Waals surface area contributed by atoms with Crippen molar-refractivity contribution in [3.63, 3.8) is 0 Å². The van der Waals surface area contributed by atoms with E-state index in [2.05, 4.69) is 30.4 Å². The topological polar surface area (TPSA) is 30.5 Å².